The van der Waals surface area contributed by atoms with E-state index in [9.17, 15) is 0 Å². The van der Waals surface area contributed by atoms with Crippen molar-refractivity contribution in [3.8, 4) is 11.1 Å². The van der Waals surface area contributed by atoms with Crippen LogP contribution in [-0.2, 0) is 0 Å². The highest BCUT2D eigenvalue weighted by molar-refractivity contribution is 6.87. The minimum atomic E-state index is -1.88. The van der Waals surface area contributed by atoms with Gasteiger partial charge >= 0.3 is 0 Å². The standard InChI is InChI=1S/C28H28Si/c1-5-19(2)27-21-13-7-6-12-20(21)18-26(27)29(3,4)28-24-16-10-8-14-22(24)23-15-9-11-17-25(23)28/h6-18,27-28H,2,5H2,1,3-4H3. The van der Waals surface area contributed by atoms with Gasteiger partial charge < -0.3 is 0 Å². The smallest absolute Gasteiger partial charge is 0.0889 e. The van der Waals surface area contributed by atoms with Crippen molar-refractivity contribution in [2.75, 3.05) is 0 Å². The van der Waals surface area contributed by atoms with Crippen LogP contribution in [0.3, 0.4) is 0 Å². The van der Waals surface area contributed by atoms with E-state index in [0.717, 1.165) is 6.42 Å². The number of hydrogen-bond donors (Lipinski definition) is 0. The lowest BCUT2D eigenvalue weighted by Gasteiger charge is -2.37. The minimum absolute atomic E-state index is 0.373. The van der Waals surface area contributed by atoms with E-state index in [1.54, 1.807) is 5.20 Å². The van der Waals surface area contributed by atoms with Crippen molar-refractivity contribution in [3.05, 3.63) is 112 Å². The molecule has 29 heavy (non-hydrogen) atoms. The fourth-order valence-electron chi connectivity index (χ4n) is 5.63. The molecule has 0 N–H and O–H groups in total. The average Bonchev–Trinajstić information content (AvgIpc) is 3.30. The molecule has 0 nitrogen and oxygen atoms in total. The summed E-state index contributed by atoms with van der Waals surface area (Å²) in [7, 11) is -1.88. The minimum Gasteiger partial charge on any atom is -0.0989 e. The molecule has 2 aliphatic carbocycles. The largest absolute Gasteiger partial charge is 0.0989 e. The van der Waals surface area contributed by atoms with E-state index in [0.29, 0.717) is 11.5 Å². The first-order chi connectivity index (χ1) is 14.0. The maximum atomic E-state index is 4.51. The van der Waals surface area contributed by atoms with E-state index in [1.165, 1.54) is 39.0 Å². The molecule has 0 aliphatic heterocycles. The zero-order valence-corrected chi connectivity index (χ0v) is 18.6. The van der Waals surface area contributed by atoms with Gasteiger partial charge in [0, 0.05) is 11.5 Å². The molecular weight excluding hydrogens is 364 g/mol. The van der Waals surface area contributed by atoms with Gasteiger partial charge in [0.05, 0.1) is 8.07 Å². The Morgan fingerprint density at radius 3 is 1.90 bits per heavy atom. The molecule has 3 aromatic carbocycles. The zero-order valence-electron chi connectivity index (χ0n) is 17.6. The van der Waals surface area contributed by atoms with Crippen molar-refractivity contribution in [2.24, 2.45) is 0 Å². The highest BCUT2D eigenvalue weighted by Crippen LogP contribution is 2.55. The van der Waals surface area contributed by atoms with Gasteiger partial charge in [-0.25, -0.2) is 0 Å². The van der Waals surface area contributed by atoms with Crippen LogP contribution in [0, 0.1) is 0 Å². The number of rotatable bonds is 4. The molecule has 144 valence electrons. The maximum absolute atomic E-state index is 4.51. The monoisotopic (exact) mass is 392 g/mol. The summed E-state index contributed by atoms with van der Waals surface area (Å²) in [5.74, 6) is 0.373. The Morgan fingerprint density at radius 2 is 1.31 bits per heavy atom. The summed E-state index contributed by atoms with van der Waals surface area (Å²) >= 11 is 0. The van der Waals surface area contributed by atoms with Crippen molar-refractivity contribution in [1.82, 2.24) is 0 Å². The summed E-state index contributed by atoms with van der Waals surface area (Å²) in [6.45, 7) is 11.9. The molecule has 0 amide bonds. The SMILES string of the molecule is C=C(CC)C1C([Si](C)(C)C2c3ccccc3-c3ccccc32)=Cc2ccccc21. The van der Waals surface area contributed by atoms with Crippen molar-refractivity contribution in [2.45, 2.75) is 37.9 Å². The normalized spacial score (nSPS) is 17.5. The predicted molar refractivity (Wildman–Crippen MR) is 128 cm³/mol. The first-order valence-corrected chi connectivity index (χ1v) is 13.8. The molecule has 0 radical (unpaired) electrons. The van der Waals surface area contributed by atoms with Gasteiger partial charge in [0.2, 0.25) is 0 Å². The van der Waals surface area contributed by atoms with Gasteiger partial charge in [-0.15, -0.1) is 0 Å². The van der Waals surface area contributed by atoms with Crippen LogP contribution in [0.5, 0.6) is 0 Å². The second kappa shape index (κ2) is 6.71. The Bertz CT molecular complexity index is 1100. The quantitative estimate of drug-likeness (QED) is 0.315. The lowest BCUT2D eigenvalue weighted by atomic mass is 9.92. The van der Waals surface area contributed by atoms with E-state index < -0.39 is 8.07 Å². The molecule has 0 fully saturated rings. The van der Waals surface area contributed by atoms with Gasteiger partial charge in [-0.05, 0) is 39.8 Å². The van der Waals surface area contributed by atoms with E-state index in [4.69, 9.17) is 0 Å². The topological polar surface area (TPSA) is 0 Å². The molecule has 1 atom stereocenters. The molecule has 0 heterocycles. The molecule has 5 rings (SSSR count). The molecule has 0 bridgehead atoms. The van der Waals surface area contributed by atoms with Crippen LogP contribution in [0.15, 0.2) is 90.1 Å². The number of benzene rings is 3. The van der Waals surface area contributed by atoms with E-state index in [2.05, 4.69) is 105 Å². The van der Waals surface area contributed by atoms with Crippen molar-refractivity contribution in [1.29, 1.82) is 0 Å². The van der Waals surface area contributed by atoms with Crippen molar-refractivity contribution in [3.63, 3.8) is 0 Å². The Hall–Kier alpha value is -2.64. The van der Waals surface area contributed by atoms with Crippen LogP contribution in [0.4, 0.5) is 0 Å². The molecule has 0 saturated heterocycles. The molecule has 1 unspecified atom stereocenters. The second-order valence-electron chi connectivity index (χ2n) is 9.00. The third kappa shape index (κ3) is 2.64. The van der Waals surface area contributed by atoms with Crippen molar-refractivity contribution < 1.29 is 0 Å². The lowest BCUT2D eigenvalue weighted by Crippen LogP contribution is -2.39. The molecule has 1 heteroatoms. The zero-order chi connectivity index (χ0) is 20.2. The highest BCUT2D eigenvalue weighted by atomic mass is 28.3. The predicted octanol–water partition coefficient (Wildman–Crippen LogP) is 7.73. The Balaban J connectivity index is 1.70. The molecule has 0 aromatic heterocycles. The summed E-state index contributed by atoms with van der Waals surface area (Å²) in [5.41, 5.74) is 10.6. The first-order valence-electron chi connectivity index (χ1n) is 10.7. The lowest BCUT2D eigenvalue weighted by molar-refractivity contribution is 0.902. The summed E-state index contributed by atoms with van der Waals surface area (Å²) in [5, 5.41) is 1.64. The van der Waals surface area contributed by atoms with Gasteiger partial charge in [-0.3, -0.25) is 0 Å². The summed E-state index contributed by atoms with van der Waals surface area (Å²) in [6.07, 6.45) is 3.54. The van der Waals surface area contributed by atoms with Gasteiger partial charge in [0.25, 0.3) is 0 Å². The van der Waals surface area contributed by atoms with Gasteiger partial charge in [-0.1, -0.05) is 116 Å². The van der Waals surface area contributed by atoms with E-state index >= 15 is 0 Å². The van der Waals surface area contributed by atoms with Crippen LogP contribution in [0.2, 0.25) is 13.1 Å². The fraction of sp³-hybridized carbons (Fsp3) is 0.214. The van der Waals surface area contributed by atoms with Crippen LogP contribution in [0.25, 0.3) is 17.2 Å². The maximum Gasteiger partial charge on any atom is 0.0889 e. The molecule has 0 spiro atoms. The van der Waals surface area contributed by atoms with Gasteiger partial charge in [0.1, 0.15) is 0 Å². The first kappa shape index (κ1) is 18.4. The number of fused-ring (bicyclic) bond motifs is 4. The van der Waals surface area contributed by atoms with Crippen LogP contribution in [0.1, 0.15) is 47.1 Å². The molecule has 0 saturated carbocycles. The highest BCUT2D eigenvalue weighted by Gasteiger charge is 2.46. The van der Waals surface area contributed by atoms with Crippen LogP contribution < -0.4 is 0 Å². The molecular formula is C28H28Si. The molecule has 2 aliphatic rings. The molecule has 3 aromatic rings. The second-order valence-corrected chi connectivity index (χ2v) is 13.6. The third-order valence-corrected chi connectivity index (χ3v) is 11.1. The Kier molecular flexibility index (Phi) is 4.25. The van der Waals surface area contributed by atoms with Crippen LogP contribution >= 0.6 is 0 Å². The summed E-state index contributed by atoms with van der Waals surface area (Å²) in [6, 6.07) is 27.0. The Labute approximate surface area is 175 Å². The van der Waals surface area contributed by atoms with Gasteiger partial charge in [-0.2, -0.15) is 0 Å². The van der Waals surface area contributed by atoms with Crippen LogP contribution in [-0.4, -0.2) is 8.07 Å². The van der Waals surface area contributed by atoms with Gasteiger partial charge in [0.15, 0.2) is 0 Å². The number of allylic oxidation sites excluding steroid dienone is 2. The fourth-order valence-corrected chi connectivity index (χ4v) is 9.65. The third-order valence-electron chi connectivity index (χ3n) is 7.09. The van der Waals surface area contributed by atoms with Crippen molar-refractivity contribution >= 4 is 14.1 Å². The summed E-state index contributed by atoms with van der Waals surface area (Å²) < 4.78 is 0. The van der Waals surface area contributed by atoms with E-state index in [1.807, 2.05) is 0 Å². The van der Waals surface area contributed by atoms with E-state index in [-0.39, 0.29) is 0 Å². The summed E-state index contributed by atoms with van der Waals surface area (Å²) in [4.78, 5) is 0. The Morgan fingerprint density at radius 1 is 0.793 bits per heavy atom. The number of hydrogen-bond acceptors (Lipinski definition) is 0. The average molecular weight is 393 g/mol.